The number of nitrogens with zero attached hydrogens (tertiary/aromatic N) is 4. The van der Waals surface area contributed by atoms with Crippen LogP contribution >= 0.6 is 11.3 Å². The number of hydrogen-bond donors (Lipinski definition) is 0. The number of nitro groups is 1. The van der Waals surface area contributed by atoms with Crippen molar-refractivity contribution in [3.8, 4) is 0 Å². The predicted octanol–water partition coefficient (Wildman–Crippen LogP) is 3.60. The van der Waals surface area contributed by atoms with Crippen molar-refractivity contribution in [2.24, 2.45) is 0 Å². The van der Waals surface area contributed by atoms with Crippen LogP contribution in [0.5, 0.6) is 0 Å². The molecule has 0 radical (unpaired) electrons. The van der Waals surface area contributed by atoms with E-state index in [0.717, 1.165) is 30.1 Å². The molecule has 8 heteroatoms. The van der Waals surface area contributed by atoms with Crippen LogP contribution < -0.4 is 0 Å². The number of piperazine rings is 1. The standard InChI is InChI=1S/C22H22N4O3S/c27-22(20-16-30-21(23-20)14-17-5-2-1-3-6-17)25-11-9-24(10-12-25)15-18-7-4-8-19(13-18)26(28)29/h1-8,13,16H,9-12,14-15H2. The monoisotopic (exact) mass is 422 g/mol. The second kappa shape index (κ2) is 9.15. The Bertz CT molecular complexity index is 1030. The number of carbonyl (C=O) groups excluding carboxylic acids is 1. The normalized spacial score (nSPS) is 14.6. The summed E-state index contributed by atoms with van der Waals surface area (Å²) in [6.07, 6.45) is 0.732. The molecule has 0 bridgehead atoms. The van der Waals surface area contributed by atoms with Gasteiger partial charge in [-0.15, -0.1) is 11.3 Å². The van der Waals surface area contributed by atoms with Gasteiger partial charge in [-0.3, -0.25) is 19.8 Å². The molecule has 1 fully saturated rings. The van der Waals surface area contributed by atoms with Crippen LogP contribution in [0, 0.1) is 10.1 Å². The Morgan fingerprint density at radius 3 is 2.50 bits per heavy atom. The van der Waals surface area contributed by atoms with Crippen LogP contribution in [0.15, 0.2) is 60.0 Å². The number of carbonyl (C=O) groups is 1. The van der Waals surface area contributed by atoms with E-state index in [1.165, 1.54) is 23.0 Å². The summed E-state index contributed by atoms with van der Waals surface area (Å²) in [7, 11) is 0. The molecule has 1 aromatic heterocycles. The minimum absolute atomic E-state index is 0.0273. The third-order valence-corrected chi connectivity index (χ3v) is 6.00. The van der Waals surface area contributed by atoms with E-state index in [0.29, 0.717) is 25.3 Å². The molecule has 0 N–H and O–H groups in total. The second-order valence-corrected chi connectivity index (χ2v) is 8.23. The Morgan fingerprint density at radius 2 is 1.77 bits per heavy atom. The van der Waals surface area contributed by atoms with E-state index in [1.807, 2.05) is 34.5 Å². The average molecular weight is 423 g/mol. The minimum Gasteiger partial charge on any atom is -0.335 e. The fourth-order valence-electron chi connectivity index (χ4n) is 3.56. The van der Waals surface area contributed by atoms with Crippen molar-refractivity contribution in [1.82, 2.24) is 14.8 Å². The first-order valence-electron chi connectivity index (χ1n) is 9.82. The molecule has 0 unspecified atom stereocenters. The van der Waals surface area contributed by atoms with Gasteiger partial charge >= 0.3 is 0 Å². The van der Waals surface area contributed by atoms with Crippen molar-refractivity contribution in [1.29, 1.82) is 0 Å². The van der Waals surface area contributed by atoms with Crippen molar-refractivity contribution in [2.45, 2.75) is 13.0 Å². The molecule has 30 heavy (non-hydrogen) atoms. The lowest BCUT2D eigenvalue weighted by Crippen LogP contribution is -2.48. The zero-order chi connectivity index (χ0) is 20.9. The smallest absolute Gasteiger partial charge is 0.273 e. The maximum atomic E-state index is 12.8. The number of non-ortho nitro benzene ring substituents is 1. The predicted molar refractivity (Wildman–Crippen MR) is 116 cm³/mol. The molecule has 3 aromatic rings. The largest absolute Gasteiger partial charge is 0.335 e. The zero-order valence-corrected chi connectivity index (χ0v) is 17.3. The molecule has 2 heterocycles. The molecule has 1 aliphatic rings. The summed E-state index contributed by atoms with van der Waals surface area (Å²) in [5.41, 5.74) is 2.71. The van der Waals surface area contributed by atoms with Crippen LogP contribution in [0.1, 0.15) is 26.6 Å². The average Bonchev–Trinajstić information content (AvgIpc) is 3.23. The Hall–Kier alpha value is -3.10. The molecular formula is C22H22N4O3S. The topological polar surface area (TPSA) is 79.6 Å². The molecular weight excluding hydrogens is 400 g/mol. The highest BCUT2D eigenvalue weighted by Crippen LogP contribution is 2.18. The van der Waals surface area contributed by atoms with Gasteiger partial charge in [-0.05, 0) is 11.1 Å². The lowest BCUT2D eigenvalue weighted by atomic mass is 10.1. The van der Waals surface area contributed by atoms with Crippen molar-refractivity contribution >= 4 is 22.9 Å². The van der Waals surface area contributed by atoms with E-state index in [-0.39, 0.29) is 16.5 Å². The van der Waals surface area contributed by atoms with Crippen molar-refractivity contribution in [2.75, 3.05) is 26.2 Å². The summed E-state index contributed by atoms with van der Waals surface area (Å²) in [5.74, 6) is -0.0273. The molecule has 1 aliphatic heterocycles. The van der Waals surface area contributed by atoms with Gasteiger partial charge in [0.15, 0.2) is 0 Å². The number of thiazole rings is 1. The molecule has 2 aromatic carbocycles. The Kier molecular flexibility index (Phi) is 6.15. The molecule has 0 atom stereocenters. The van der Waals surface area contributed by atoms with E-state index < -0.39 is 0 Å². The van der Waals surface area contributed by atoms with Crippen LogP contribution in [0.3, 0.4) is 0 Å². The molecule has 154 valence electrons. The number of aromatic nitrogens is 1. The van der Waals surface area contributed by atoms with Gasteiger partial charge < -0.3 is 4.90 Å². The molecule has 7 nitrogen and oxygen atoms in total. The highest BCUT2D eigenvalue weighted by atomic mass is 32.1. The zero-order valence-electron chi connectivity index (χ0n) is 16.4. The Morgan fingerprint density at radius 1 is 1.03 bits per heavy atom. The first-order chi connectivity index (χ1) is 14.6. The van der Waals surface area contributed by atoms with Crippen molar-refractivity contribution in [3.05, 3.63) is 91.9 Å². The van der Waals surface area contributed by atoms with Crippen LogP contribution in [-0.2, 0) is 13.0 Å². The van der Waals surface area contributed by atoms with Gasteiger partial charge in [-0.2, -0.15) is 0 Å². The second-order valence-electron chi connectivity index (χ2n) is 7.28. The summed E-state index contributed by atoms with van der Waals surface area (Å²) in [6.45, 7) is 3.35. The van der Waals surface area contributed by atoms with Gasteiger partial charge in [0.25, 0.3) is 11.6 Å². The lowest BCUT2D eigenvalue weighted by molar-refractivity contribution is -0.384. The summed E-state index contributed by atoms with van der Waals surface area (Å²) >= 11 is 1.52. The van der Waals surface area contributed by atoms with Crippen LogP contribution in [-0.4, -0.2) is 51.8 Å². The number of benzene rings is 2. The summed E-state index contributed by atoms with van der Waals surface area (Å²) < 4.78 is 0. The van der Waals surface area contributed by atoms with Gasteiger partial charge in [-0.1, -0.05) is 42.5 Å². The van der Waals surface area contributed by atoms with Crippen molar-refractivity contribution < 1.29 is 9.72 Å². The minimum atomic E-state index is -0.375. The fourth-order valence-corrected chi connectivity index (χ4v) is 4.36. The van der Waals surface area contributed by atoms with Gasteiger partial charge in [0, 0.05) is 56.7 Å². The molecule has 4 rings (SSSR count). The lowest BCUT2D eigenvalue weighted by Gasteiger charge is -2.34. The van der Waals surface area contributed by atoms with E-state index in [9.17, 15) is 14.9 Å². The number of nitro benzene ring substituents is 1. The quantitative estimate of drug-likeness (QED) is 0.448. The Balaban J connectivity index is 1.31. The van der Waals surface area contributed by atoms with Gasteiger partial charge in [-0.25, -0.2) is 4.98 Å². The van der Waals surface area contributed by atoms with E-state index >= 15 is 0 Å². The summed E-state index contributed by atoms with van der Waals surface area (Å²) in [4.78, 5) is 32.0. The highest BCUT2D eigenvalue weighted by Gasteiger charge is 2.24. The van der Waals surface area contributed by atoms with E-state index in [4.69, 9.17) is 0 Å². The number of amides is 1. The van der Waals surface area contributed by atoms with Crippen LogP contribution in [0.2, 0.25) is 0 Å². The van der Waals surface area contributed by atoms with Crippen molar-refractivity contribution in [3.63, 3.8) is 0 Å². The Labute approximate surface area is 178 Å². The molecule has 1 amide bonds. The highest BCUT2D eigenvalue weighted by molar-refractivity contribution is 7.09. The first kappa shape index (κ1) is 20.2. The van der Waals surface area contributed by atoms with Crippen LogP contribution in [0.4, 0.5) is 5.69 Å². The number of hydrogen-bond acceptors (Lipinski definition) is 6. The SMILES string of the molecule is O=C(c1csc(Cc2ccccc2)n1)N1CCN(Cc2cccc([N+](=O)[O-])c2)CC1. The summed E-state index contributed by atoms with van der Waals surface area (Å²) in [6, 6.07) is 16.8. The molecule has 0 aliphatic carbocycles. The first-order valence-corrected chi connectivity index (χ1v) is 10.7. The van der Waals surface area contributed by atoms with E-state index in [1.54, 1.807) is 12.1 Å². The molecule has 0 spiro atoms. The van der Waals surface area contributed by atoms with Crippen LogP contribution in [0.25, 0.3) is 0 Å². The number of rotatable bonds is 6. The summed E-state index contributed by atoms with van der Waals surface area (Å²) in [5, 5.41) is 13.7. The van der Waals surface area contributed by atoms with E-state index in [2.05, 4.69) is 22.0 Å². The third-order valence-electron chi connectivity index (χ3n) is 5.16. The van der Waals surface area contributed by atoms with Gasteiger partial charge in [0.1, 0.15) is 5.69 Å². The third kappa shape index (κ3) is 4.90. The fraction of sp³-hybridized carbons (Fsp3) is 0.273. The van der Waals surface area contributed by atoms with Gasteiger partial charge in [0.2, 0.25) is 0 Å². The maximum Gasteiger partial charge on any atom is 0.273 e. The molecule has 0 saturated carbocycles. The maximum absolute atomic E-state index is 12.8. The van der Waals surface area contributed by atoms with Gasteiger partial charge in [0.05, 0.1) is 9.93 Å². The molecule has 1 saturated heterocycles.